The number of nitrogens with zero attached hydrogens (tertiary/aromatic N) is 2. The number of hydrogen-bond acceptors (Lipinski definition) is 3. The summed E-state index contributed by atoms with van der Waals surface area (Å²) >= 11 is 0. The van der Waals surface area contributed by atoms with E-state index in [1.165, 1.54) is 5.69 Å². The van der Waals surface area contributed by atoms with Crippen molar-refractivity contribution in [2.45, 2.75) is 6.92 Å². The molecule has 0 bridgehead atoms. The maximum Gasteiger partial charge on any atom is 0.341 e. The lowest BCUT2D eigenvalue weighted by molar-refractivity contribution is 0.0550. The number of benzene rings is 1. The van der Waals surface area contributed by atoms with Crippen LogP contribution in [0.4, 0.5) is 10.5 Å². The summed E-state index contributed by atoms with van der Waals surface area (Å²) in [5.41, 5.74) is 3.64. The van der Waals surface area contributed by atoms with Crippen molar-refractivity contribution < 1.29 is 9.63 Å². The summed E-state index contributed by atoms with van der Waals surface area (Å²) in [7, 11) is 0. The first-order valence-corrected chi connectivity index (χ1v) is 6.28. The maximum absolute atomic E-state index is 11.7. The Hall–Kier alpha value is -1.75. The molecule has 5 heteroatoms. The Labute approximate surface area is 107 Å². The van der Waals surface area contributed by atoms with Gasteiger partial charge in [0, 0.05) is 31.9 Å². The number of urea groups is 1. The minimum atomic E-state index is -0.149. The molecule has 0 saturated carbocycles. The number of hydroxylamine groups is 1. The van der Waals surface area contributed by atoms with Crippen LogP contribution in [0, 0.1) is 0 Å². The van der Waals surface area contributed by atoms with Gasteiger partial charge in [-0.15, -0.1) is 0 Å². The molecule has 1 aliphatic rings. The van der Waals surface area contributed by atoms with Gasteiger partial charge in [0.2, 0.25) is 0 Å². The molecular weight excluding hydrogens is 230 g/mol. The average Bonchev–Trinajstić information content (AvgIpc) is 2.46. The van der Waals surface area contributed by atoms with Gasteiger partial charge >= 0.3 is 6.03 Å². The van der Waals surface area contributed by atoms with Crippen molar-refractivity contribution in [3.05, 3.63) is 30.3 Å². The zero-order valence-electron chi connectivity index (χ0n) is 10.6. The second-order valence-corrected chi connectivity index (χ2v) is 4.15. The van der Waals surface area contributed by atoms with Gasteiger partial charge in [-0.25, -0.2) is 10.3 Å². The smallest absolute Gasteiger partial charge is 0.341 e. The van der Waals surface area contributed by atoms with Gasteiger partial charge in [-0.05, 0) is 19.1 Å². The number of nitrogens with one attached hydrogen (secondary N) is 1. The minimum absolute atomic E-state index is 0.149. The van der Waals surface area contributed by atoms with Crippen molar-refractivity contribution in [1.29, 1.82) is 0 Å². The lowest BCUT2D eigenvalue weighted by Crippen LogP contribution is -2.51. The van der Waals surface area contributed by atoms with E-state index in [1.807, 2.05) is 25.1 Å². The van der Waals surface area contributed by atoms with Crippen LogP contribution < -0.4 is 10.4 Å². The Kier molecular flexibility index (Phi) is 4.41. The second-order valence-electron chi connectivity index (χ2n) is 4.15. The summed E-state index contributed by atoms with van der Waals surface area (Å²) in [4.78, 5) is 20.6. The van der Waals surface area contributed by atoms with E-state index in [9.17, 15) is 4.79 Å². The van der Waals surface area contributed by atoms with Crippen LogP contribution in [0.3, 0.4) is 0 Å². The predicted octanol–water partition coefficient (Wildman–Crippen LogP) is 1.47. The number of hydrogen-bond donors (Lipinski definition) is 1. The third kappa shape index (κ3) is 3.13. The Morgan fingerprint density at radius 2 is 1.89 bits per heavy atom. The van der Waals surface area contributed by atoms with E-state index in [2.05, 4.69) is 22.5 Å². The van der Waals surface area contributed by atoms with Crippen molar-refractivity contribution >= 4 is 11.7 Å². The quantitative estimate of drug-likeness (QED) is 0.825. The zero-order valence-corrected chi connectivity index (χ0v) is 10.6. The second kappa shape index (κ2) is 6.26. The molecule has 0 unspecified atom stereocenters. The maximum atomic E-state index is 11.7. The van der Waals surface area contributed by atoms with Gasteiger partial charge < -0.3 is 9.80 Å². The number of para-hydroxylation sites is 1. The van der Waals surface area contributed by atoms with Crippen LogP contribution in [0.25, 0.3) is 0 Å². The molecule has 1 aliphatic heterocycles. The van der Waals surface area contributed by atoms with E-state index >= 15 is 0 Å². The van der Waals surface area contributed by atoms with Crippen LogP contribution in [-0.4, -0.2) is 43.7 Å². The van der Waals surface area contributed by atoms with Gasteiger partial charge in [-0.2, -0.15) is 0 Å². The molecule has 0 spiro atoms. The fourth-order valence-electron chi connectivity index (χ4n) is 2.01. The Bertz CT molecular complexity index is 375. The number of carbonyl (C=O) groups is 1. The number of anilines is 1. The SMILES string of the molecule is CCONC(=O)N1CCN(c2ccccc2)CC1. The zero-order chi connectivity index (χ0) is 12.8. The molecule has 0 atom stereocenters. The first-order valence-electron chi connectivity index (χ1n) is 6.28. The van der Waals surface area contributed by atoms with E-state index in [0.29, 0.717) is 19.7 Å². The van der Waals surface area contributed by atoms with E-state index in [0.717, 1.165) is 13.1 Å². The summed E-state index contributed by atoms with van der Waals surface area (Å²) in [6, 6.07) is 10.1. The Morgan fingerprint density at radius 1 is 1.22 bits per heavy atom. The number of piperazine rings is 1. The standard InChI is InChI=1S/C13H19N3O2/c1-2-18-14-13(17)16-10-8-15(9-11-16)12-6-4-3-5-7-12/h3-7H,2,8-11H2,1H3,(H,14,17). The lowest BCUT2D eigenvalue weighted by Gasteiger charge is -2.35. The Balaban J connectivity index is 1.83. The highest BCUT2D eigenvalue weighted by Crippen LogP contribution is 2.15. The van der Waals surface area contributed by atoms with Gasteiger partial charge in [0.25, 0.3) is 0 Å². The van der Waals surface area contributed by atoms with Crippen LogP contribution in [0.5, 0.6) is 0 Å². The van der Waals surface area contributed by atoms with Gasteiger partial charge in [0.05, 0.1) is 6.61 Å². The highest BCUT2D eigenvalue weighted by molar-refractivity contribution is 5.73. The molecular formula is C13H19N3O2. The molecule has 1 aromatic carbocycles. The van der Waals surface area contributed by atoms with E-state index in [-0.39, 0.29) is 6.03 Å². The van der Waals surface area contributed by atoms with Crippen molar-refractivity contribution in [1.82, 2.24) is 10.4 Å². The minimum Gasteiger partial charge on any atom is -0.368 e. The molecule has 5 nitrogen and oxygen atoms in total. The molecule has 0 aromatic heterocycles. The summed E-state index contributed by atoms with van der Waals surface area (Å²) < 4.78 is 0. The molecule has 98 valence electrons. The van der Waals surface area contributed by atoms with Crippen molar-refractivity contribution in [3.63, 3.8) is 0 Å². The summed E-state index contributed by atoms with van der Waals surface area (Å²) in [5.74, 6) is 0. The highest BCUT2D eigenvalue weighted by Gasteiger charge is 2.20. The van der Waals surface area contributed by atoms with Crippen molar-refractivity contribution in [3.8, 4) is 0 Å². The van der Waals surface area contributed by atoms with Crippen LogP contribution >= 0.6 is 0 Å². The number of carbonyl (C=O) groups excluding carboxylic acids is 1. The van der Waals surface area contributed by atoms with Gasteiger partial charge in [0.15, 0.2) is 0 Å². The first-order chi connectivity index (χ1) is 8.81. The predicted molar refractivity (Wildman–Crippen MR) is 70.4 cm³/mol. The normalized spacial score (nSPS) is 15.6. The van der Waals surface area contributed by atoms with E-state index in [1.54, 1.807) is 4.90 Å². The number of rotatable bonds is 3. The summed E-state index contributed by atoms with van der Waals surface area (Å²) in [6.45, 7) is 5.46. The largest absolute Gasteiger partial charge is 0.368 e. The molecule has 1 N–H and O–H groups in total. The highest BCUT2D eigenvalue weighted by atomic mass is 16.7. The molecule has 2 amide bonds. The van der Waals surface area contributed by atoms with E-state index in [4.69, 9.17) is 4.84 Å². The van der Waals surface area contributed by atoms with Crippen molar-refractivity contribution in [2.75, 3.05) is 37.7 Å². The monoisotopic (exact) mass is 249 g/mol. The van der Waals surface area contributed by atoms with Crippen LogP contribution in [0.15, 0.2) is 30.3 Å². The third-order valence-corrected chi connectivity index (χ3v) is 2.99. The molecule has 1 heterocycles. The molecule has 2 rings (SSSR count). The Morgan fingerprint density at radius 3 is 2.50 bits per heavy atom. The van der Waals surface area contributed by atoms with Gasteiger partial charge in [0.1, 0.15) is 0 Å². The first kappa shape index (κ1) is 12.7. The fourth-order valence-corrected chi connectivity index (χ4v) is 2.01. The summed E-state index contributed by atoms with van der Waals surface area (Å²) in [5, 5.41) is 0. The van der Waals surface area contributed by atoms with Crippen LogP contribution in [0.1, 0.15) is 6.92 Å². The average molecular weight is 249 g/mol. The fraction of sp³-hybridized carbons (Fsp3) is 0.462. The molecule has 0 radical (unpaired) electrons. The van der Waals surface area contributed by atoms with Gasteiger partial charge in [-0.3, -0.25) is 4.84 Å². The molecule has 0 aliphatic carbocycles. The van der Waals surface area contributed by atoms with Crippen LogP contribution in [-0.2, 0) is 4.84 Å². The van der Waals surface area contributed by atoms with E-state index < -0.39 is 0 Å². The van der Waals surface area contributed by atoms with Crippen molar-refractivity contribution in [2.24, 2.45) is 0 Å². The molecule has 1 fully saturated rings. The summed E-state index contributed by atoms with van der Waals surface area (Å²) in [6.07, 6.45) is 0. The topological polar surface area (TPSA) is 44.8 Å². The third-order valence-electron chi connectivity index (χ3n) is 2.99. The van der Waals surface area contributed by atoms with Gasteiger partial charge in [-0.1, -0.05) is 18.2 Å². The molecule has 1 aromatic rings. The molecule has 1 saturated heterocycles. The molecule has 18 heavy (non-hydrogen) atoms. The number of amides is 2. The lowest BCUT2D eigenvalue weighted by atomic mass is 10.2. The van der Waals surface area contributed by atoms with Crippen LogP contribution in [0.2, 0.25) is 0 Å².